The third kappa shape index (κ3) is 3.60. The van der Waals surface area contributed by atoms with Crippen molar-refractivity contribution >= 4 is 21.4 Å². The Kier molecular flexibility index (Phi) is 4.65. The number of pyridine rings is 1. The molecule has 0 atom stereocenters. The van der Waals surface area contributed by atoms with Crippen molar-refractivity contribution in [3.8, 4) is 0 Å². The Hall–Kier alpha value is -1.28. The van der Waals surface area contributed by atoms with Crippen LogP contribution in [0.25, 0.3) is 0 Å². The van der Waals surface area contributed by atoms with Crippen LogP contribution in [0.15, 0.2) is 40.7 Å². The first-order valence-electron chi connectivity index (χ1n) is 5.70. The van der Waals surface area contributed by atoms with E-state index >= 15 is 0 Å². The molecule has 19 heavy (non-hydrogen) atoms. The summed E-state index contributed by atoms with van der Waals surface area (Å²) >= 11 is 1.22. The number of nitrogens with zero attached hydrogens (tertiary/aromatic N) is 1. The minimum Gasteiger partial charge on any atom is -0.391 e. The van der Waals surface area contributed by atoms with E-state index in [0.29, 0.717) is 11.3 Å². The number of nitrogens with one attached hydrogen (secondary N) is 1. The summed E-state index contributed by atoms with van der Waals surface area (Å²) in [5.41, 5.74) is 0.831. The van der Waals surface area contributed by atoms with Crippen molar-refractivity contribution in [1.29, 1.82) is 0 Å². The van der Waals surface area contributed by atoms with Gasteiger partial charge in [0.2, 0.25) is 10.0 Å². The average molecular weight is 298 g/mol. The molecule has 0 unspecified atom stereocenters. The summed E-state index contributed by atoms with van der Waals surface area (Å²) in [6.45, 7) is 0.00815. The second-order valence-electron chi connectivity index (χ2n) is 3.83. The minimum atomic E-state index is -3.56. The van der Waals surface area contributed by atoms with Crippen LogP contribution in [0, 0.1) is 0 Å². The summed E-state index contributed by atoms with van der Waals surface area (Å²) in [5.74, 6) is 0. The summed E-state index contributed by atoms with van der Waals surface area (Å²) < 4.78 is 26.6. The zero-order chi connectivity index (χ0) is 13.7. The highest BCUT2D eigenvalue weighted by Crippen LogP contribution is 2.21. The molecular formula is C12H14N2O3S2. The Morgan fingerprint density at radius 3 is 2.84 bits per heavy atom. The summed E-state index contributed by atoms with van der Waals surface area (Å²) in [6, 6.07) is 7.02. The number of hydrogen-bond acceptors (Lipinski definition) is 5. The predicted molar refractivity (Wildman–Crippen MR) is 73.4 cm³/mol. The molecule has 5 nitrogen and oxygen atoms in total. The second-order valence-corrected chi connectivity index (χ2v) is 6.57. The molecule has 0 bridgehead atoms. The topological polar surface area (TPSA) is 79.3 Å². The van der Waals surface area contributed by atoms with E-state index in [2.05, 4.69) is 9.71 Å². The molecule has 2 rings (SSSR count). The number of aliphatic hydroxyl groups is 1. The van der Waals surface area contributed by atoms with E-state index in [1.807, 2.05) is 18.2 Å². The smallest absolute Gasteiger partial charge is 0.241 e. The molecule has 0 spiro atoms. The van der Waals surface area contributed by atoms with Crippen molar-refractivity contribution in [3.05, 3.63) is 46.4 Å². The second kappa shape index (κ2) is 6.25. The molecule has 2 aromatic rings. The first-order chi connectivity index (χ1) is 9.13. The number of hydrogen-bond donors (Lipinski definition) is 2. The van der Waals surface area contributed by atoms with Gasteiger partial charge in [-0.05, 0) is 23.6 Å². The Bertz CT molecular complexity index is 623. The van der Waals surface area contributed by atoms with E-state index in [9.17, 15) is 8.42 Å². The molecule has 0 fully saturated rings. The minimum absolute atomic E-state index is 0.154. The van der Waals surface area contributed by atoms with E-state index < -0.39 is 10.0 Å². The fraction of sp³-hybridized carbons (Fsp3) is 0.250. The van der Waals surface area contributed by atoms with Gasteiger partial charge in [-0.2, -0.15) is 0 Å². The Morgan fingerprint density at radius 2 is 2.16 bits per heavy atom. The molecule has 0 aliphatic carbocycles. The lowest BCUT2D eigenvalue weighted by Crippen LogP contribution is -2.26. The summed E-state index contributed by atoms with van der Waals surface area (Å²) in [7, 11) is -3.56. The van der Waals surface area contributed by atoms with Crippen LogP contribution in [-0.4, -0.2) is 25.1 Å². The first kappa shape index (κ1) is 14.1. The van der Waals surface area contributed by atoms with Crippen LogP contribution in [-0.2, 0) is 23.1 Å². The SMILES string of the molecule is O=S(=O)(NCCc1ccccn1)c1ccsc1CO. The van der Waals surface area contributed by atoms with Crippen LogP contribution in [0.1, 0.15) is 10.6 Å². The van der Waals surface area contributed by atoms with Crippen molar-refractivity contribution in [2.75, 3.05) is 6.54 Å². The van der Waals surface area contributed by atoms with Crippen LogP contribution < -0.4 is 4.72 Å². The van der Waals surface area contributed by atoms with Gasteiger partial charge in [0.15, 0.2) is 0 Å². The summed E-state index contributed by atoms with van der Waals surface area (Å²) in [5, 5.41) is 10.7. The predicted octanol–water partition coefficient (Wildman–Crippen LogP) is 1.16. The molecule has 7 heteroatoms. The largest absolute Gasteiger partial charge is 0.391 e. The van der Waals surface area contributed by atoms with Gasteiger partial charge in [-0.25, -0.2) is 13.1 Å². The maximum Gasteiger partial charge on any atom is 0.241 e. The number of sulfonamides is 1. The standard InChI is InChI=1S/C12H14N2O3S2/c15-9-11-12(5-8-18-11)19(16,17)14-7-4-10-3-1-2-6-13-10/h1-3,5-6,8,14-15H,4,7,9H2. The van der Waals surface area contributed by atoms with Gasteiger partial charge in [0.05, 0.1) is 11.5 Å². The highest BCUT2D eigenvalue weighted by atomic mass is 32.2. The van der Waals surface area contributed by atoms with E-state index in [4.69, 9.17) is 5.11 Å². The van der Waals surface area contributed by atoms with Crippen molar-refractivity contribution in [2.24, 2.45) is 0 Å². The van der Waals surface area contributed by atoms with E-state index in [0.717, 1.165) is 5.69 Å². The maximum atomic E-state index is 12.0. The third-order valence-electron chi connectivity index (χ3n) is 2.54. The van der Waals surface area contributed by atoms with Crippen LogP contribution in [0.4, 0.5) is 0 Å². The van der Waals surface area contributed by atoms with Gasteiger partial charge < -0.3 is 5.11 Å². The average Bonchev–Trinajstić information content (AvgIpc) is 2.89. The molecule has 2 aromatic heterocycles. The lowest BCUT2D eigenvalue weighted by molar-refractivity contribution is 0.282. The molecule has 0 radical (unpaired) electrons. The van der Waals surface area contributed by atoms with Crippen molar-refractivity contribution in [3.63, 3.8) is 0 Å². The zero-order valence-corrected chi connectivity index (χ0v) is 11.7. The van der Waals surface area contributed by atoms with Gasteiger partial charge in [-0.1, -0.05) is 6.07 Å². The number of aromatic nitrogens is 1. The molecule has 0 saturated heterocycles. The number of thiophene rings is 1. The quantitative estimate of drug-likeness (QED) is 0.838. The molecule has 0 amide bonds. The molecule has 0 aliphatic heterocycles. The van der Waals surface area contributed by atoms with Gasteiger partial charge in [0.25, 0.3) is 0 Å². The van der Waals surface area contributed by atoms with E-state index in [1.165, 1.54) is 17.4 Å². The van der Waals surface area contributed by atoms with Crippen molar-refractivity contribution in [2.45, 2.75) is 17.9 Å². The molecule has 0 aliphatic rings. The lowest BCUT2D eigenvalue weighted by atomic mass is 10.3. The fourth-order valence-electron chi connectivity index (χ4n) is 1.62. The number of rotatable bonds is 6. The zero-order valence-electron chi connectivity index (χ0n) is 10.1. The summed E-state index contributed by atoms with van der Waals surface area (Å²) in [6.07, 6.45) is 2.20. The van der Waals surface area contributed by atoms with Crippen molar-refractivity contribution in [1.82, 2.24) is 9.71 Å². The highest BCUT2D eigenvalue weighted by Gasteiger charge is 2.18. The normalized spacial score (nSPS) is 11.6. The van der Waals surface area contributed by atoms with Crippen molar-refractivity contribution < 1.29 is 13.5 Å². The van der Waals surface area contributed by atoms with Gasteiger partial charge in [-0.3, -0.25) is 4.98 Å². The van der Waals surface area contributed by atoms with Gasteiger partial charge in [-0.15, -0.1) is 11.3 Å². The fourth-order valence-corrected chi connectivity index (χ4v) is 3.95. The lowest BCUT2D eigenvalue weighted by Gasteiger charge is -2.06. The Morgan fingerprint density at radius 1 is 1.32 bits per heavy atom. The van der Waals surface area contributed by atoms with Gasteiger partial charge in [0.1, 0.15) is 0 Å². The Balaban J connectivity index is 1.99. The van der Waals surface area contributed by atoms with E-state index in [-0.39, 0.29) is 18.0 Å². The van der Waals surface area contributed by atoms with Crippen LogP contribution >= 0.6 is 11.3 Å². The van der Waals surface area contributed by atoms with Gasteiger partial charge >= 0.3 is 0 Å². The maximum absolute atomic E-state index is 12.0. The molecule has 2 heterocycles. The van der Waals surface area contributed by atoms with Crippen LogP contribution in [0.2, 0.25) is 0 Å². The van der Waals surface area contributed by atoms with E-state index in [1.54, 1.807) is 11.6 Å². The molecule has 102 valence electrons. The molecule has 0 saturated carbocycles. The monoisotopic (exact) mass is 298 g/mol. The molecule has 2 N–H and O–H groups in total. The molecular weight excluding hydrogens is 284 g/mol. The number of aliphatic hydroxyl groups excluding tert-OH is 1. The van der Waals surface area contributed by atoms with Crippen LogP contribution in [0.5, 0.6) is 0 Å². The van der Waals surface area contributed by atoms with Crippen LogP contribution in [0.3, 0.4) is 0 Å². The molecule has 0 aromatic carbocycles. The summed E-state index contributed by atoms with van der Waals surface area (Å²) in [4.78, 5) is 4.73. The first-order valence-corrected chi connectivity index (χ1v) is 8.06. The Labute approximate surface area is 116 Å². The third-order valence-corrected chi connectivity index (χ3v) is 5.12. The van der Waals surface area contributed by atoms with Gasteiger partial charge in [0, 0.05) is 29.7 Å². The highest BCUT2D eigenvalue weighted by molar-refractivity contribution is 7.89.